The van der Waals surface area contributed by atoms with Crippen molar-refractivity contribution in [3.8, 4) is 11.6 Å². The normalized spacial score (nSPS) is 10.6. The first-order valence-corrected chi connectivity index (χ1v) is 6.20. The number of rotatable bonds is 2. The standard InChI is InChI=1S/C16H14N2O/c1-11-7-8-15(14-6-4-3-5-13(11)14)19-16-9-10-17-12(2)18-16/h3-10H,1-2H3. The second kappa shape index (κ2) is 4.69. The Bertz CT molecular complexity index is 738. The number of fused-ring (bicyclic) bond motifs is 1. The number of benzene rings is 2. The van der Waals surface area contributed by atoms with Gasteiger partial charge in [-0.25, -0.2) is 4.98 Å². The molecule has 3 aromatic rings. The van der Waals surface area contributed by atoms with Crippen LogP contribution in [0.4, 0.5) is 0 Å². The number of ether oxygens (including phenoxy) is 1. The Kier molecular flexibility index (Phi) is 2.88. The van der Waals surface area contributed by atoms with Crippen LogP contribution in [0.5, 0.6) is 11.6 Å². The lowest BCUT2D eigenvalue weighted by Crippen LogP contribution is -1.93. The van der Waals surface area contributed by atoms with Crippen molar-refractivity contribution in [3.05, 3.63) is 60.0 Å². The third kappa shape index (κ3) is 2.27. The predicted molar refractivity (Wildman–Crippen MR) is 75.5 cm³/mol. The molecule has 0 spiro atoms. The van der Waals surface area contributed by atoms with Crippen LogP contribution in [0, 0.1) is 13.8 Å². The van der Waals surface area contributed by atoms with E-state index in [0.717, 1.165) is 11.1 Å². The molecule has 3 heteroatoms. The predicted octanol–water partition coefficient (Wildman–Crippen LogP) is 4.04. The summed E-state index contributed by atoms with van der Waals surface area (Å²) < 4.78 is 5.88. The minimum Gasteiger partial charge on any atom is -0.438 e. The van der Waals surface area contributed by atoms with Crippen molar-refractivity contribution in [1.82, 2.24) is 9.97 Å². The second-order valence-corrected chi connectivity index (χ2v) is 4.47. The number of nitrogens with zero attached hydrogens (tertiary/aromatic N) is 2. The number of aryl methyl sites for hydroxylation is 2. The molecule has 0 atom stereocenters. The average Bonchev–Trinajstić information content (AvgIpc) is 2.42. The Labute approximate surface area is 111 Å². The summed E-state index contributed by atoms with van der Waals surface area (Å²) in [4.78, 5) is 8.33. The molecule has 0 radical (unpaired) electrons. The van der Waals surface area contributed by atoms with Crippen LogP contribution in [0.1, 0.15) is 11.4 Å². The largest absolute Gasteiger partial charge is 0.438 e. The third-order valence-corrected chi connectivity index (χ3v) is 3.07. The highest BCUT2D eigenvalue weighted by Gasteiger charge is 2.06. The van der Waals surface area contributed by atoms with E-state index in [1.165, 1.54) is 10.9 Å². The highest BCUT2D eigenvalue weighted by molar-refractivity contribution is 5.91. The van der Waals surface area contributed by atoms with Crippen molar-refractivity contribution >= 4 is 10.8 Å². The van der Waals surface area contributed by atoms with Crippen molar-refractivity contribution in [3.63, 3.8) is 0 Å². The van der Waals surface area contributed by atoms with Gasteiger partial charge in [0.15, 0.2) is 0 Å². The van der Waals surface area contributed by atoms with Gasteiger partial charge in [-0.2, -0.15) is 4.98 Å². The molecular weight excluding hydrogens is 236 g/mol. The van der Waals surface area contributed by atoms with E-state index >= 15 is 0 Å². The molecule has 0 aliphatic carbocycles. The van der Waals surface area contributed by atoms with Crippen LogP contribution in [0.15, 0.2) is 48.7 Å². The summed E-state index contributed by atoms with van der Waals surface area (Å²) in [5.74, 6) is 2.09. The summed E-state index contributed by atoms with van der Waals surface area (Å²) in [5, 5.41) is 2.30. The number of hydrogen-bond donors (Lipinski definition) is 0. The van der Waals surface area contributed by atoms with Gasteiger partial charge in [0.25, 0.3) is 0 Å². The van der Waals surface area contributed by atoms with Gasteiger partial charge in [0, 0.05) is 17.6 Å². The van der Waals surface area contributed by atoms with Crippen LogP contribution < -0.4 is 4.74 Å². The molecule has 1 heterocycles. The summed E-state index contributed by atoms with van der Waals surface area (Å²) in [7, 11) is 0. The molecule has 1 aromatic heterocycles. The monoisotopic (exact) mass is 250 g/mol. The Morgan fingerprint density at radius 2 is 1.68 bits per heavy atom. The summed E-state index contributed by atoms with van der Waals surface area (Å²) in [6, 6.07) is 14.0. The van der Waals surface area contributed by atoms with Crippen LogP contribution in [0.3, 0.4) is 0 Å². The van der Waals surface area contributed by atoms with Crippen LogP contribution >= 0.6 is 0 Å². The van der Waals surface area contributed by atoms with Crippen molar-refractivity contribution in [1.29, 1.82) is 0 Å². The lowest BCUT2D eigenvalue weighted by molar-refractivity contribution is 0.465. The highest BCUT2D eigenvalue weighted by Crippen LogP contribution is 2.30. The van der Waals surface area contributed by atoms with E-state index in [9.17, 15) is 0 Å². The van der Waals surface area contributed by atoms with E-state index in [1.807, 2.05) is 25.1 Å². The summed E-state index contributed by atoms with van der Waals surface area (Å²) in [6.45, 7) is 3.95. The van der Waals surface area contributed by atoms with Gasteiger partial charge in [0.05, 0.1) is 0 Å². The molecule has 0 aliphatic heterocycles. The van der Waals surface area contributed by atoms with E-state index in [-0.39, 0.29) is 0 Å². The Morgan fingerprint density at radius 3 is 2.47 bits per heavy atom. The fraction of sp³-hybridized carbons (Fsp3) is 0.125. The highest BCUT2D eigenvalue weighted by atomic mass is 16.5. The molecule has 0 N–H and O–H groups in total. The molecule has 0 saturated heterocycles. The quantitative estimate of drug-likeness (QED) is 0.688. The van der Waals surface area contributed by atoms with Gasteiger partial charge in [0.1, 0.15) is 11.6 Å². The summed E-state index contributed by atoms with van der Waals surface area (Å²) >= 11 is 0. The zero-order chi connectivity index (χ0) is 13.2. The van der Waals surface area contributed by atoms with Gasteiger partial charge >= 0.3 is 0 Å². The lowest BCUT2D eigenvalue weighted by atomic mass is 10.1. The molecule has 3 nitrogen and oxygen atoms in total. The fourth-order valence-corrected chi connectivity index (χ4v) is 2.12. The van der Waals surface area contributed by atoms with Gasteiger partial charge < -0.3 is 4.74 Å². The van der Waals surface area contributed by atoms with Crippen molar-refractivity contribution < 1.29 is 4.74 Å². The van der Waals surface area contributed by atoms with Crippen LogP contribution in [-0.2, 0) is 0 Å². The van der Waals surface area contributed by atoms with Crippen LogP contribution in [-0.4, -0.2) is 9.97 Å². The molecule has 0 bridgehead atoms. The number of aromatic nitrogens is 2. The molecule has 94 valence electrons. The maximum absolute atomic E-state index is 5.88. The summed E-state index contributed by atoms with van der Waals surface area (Å²) in [6.07, 6.45) is 1.70. The smallest absolute Gasteiger partial charge is 0.222 e. The van der Waals surface area contributed by atoms with Gasteiger partial charge in [-0.05, 0) is 30.9 Å². The molecule has 0 unspecified atom stereocenters. The van der Waals surface area contributed by atoms with E-state index in [4.69, 9.17) is 4.74 Å². The first-order chi connectivity index (χ1) is 9.24. The van der Waals surface area contributed by atoms with E-state index in [2.05, 4.69) is 35.1 Å². The van der Waals surface area contributed by atoms with Crippen molar-refractivity contribution in [2.75, 3.05) is 0 Å². The maximum Gasteiger partial charge on any atom is 0.222 e. The van der Waals surface area contributed by atoms with E-state index < -0.39 is 0 Å². The van der Waals surface area contributed by atoms with Crippen molar-refractivity contribution in [2.24, 2.45) is 0 Å². The molecular formula is C16H14N2O. The molecule has 3 rings (SSSR count). The maximum atomic E-state index is 5.88. The van der Waals surface area contributed by atoms with Gasteiger partial charge in [0.2, 0.25) is 5.88 Å². The second-order valence-electron chi connectivity index (χ2n) is 4.47. The zero-order valence-corrected chi connectivity index (χ0v) is 10.9. The van der Waals surface area contributed by atoms with Gasteiger partial charge in [-0.1, -0.05) is 30.3 Å². The molecule has 2 aromatic carbocycles. The Hall–Kier alpha value is -2.42. The molecule has 0 aliphatic rings. The minimum atomic E-state index is 0.571. The van der Waals surface area contributed by atoms with Gasteiger partial charge in [-0.3, -0.25) is 0 Å². The Balaban J connectivity index is 2.09. The van der Waals surface area contributed by atoms with Crippen LogP contribution in [0.2, 0.25) is 0 Å². The SMILES string of the molecule is Cc1nccc(Oc2ccc(C)c3ccccc23)n1. The topological polar surface area (TPSA) is 35.0 Å². The summed E-state index contributed by atoms with van der Waals surface area (Å²) in [5.41, 5.74) is 1.24. The van der Waals surface area contributed by atoms with E-state index in [0.29, 0.717) is 11.7 Å². The molecule has 0 fully saturated rings. The van der Waals surface area contributed by atoms with Crippen LogP contribution in [0.25, 0.3) is 10.8 Å². The first-order valence-electron chi connectivity index (χ1n) is 6.20. The molecule has 0 saturated carbocycles. The van der Waals surface area contributed by atoms with E-state index in [1.54, 1.807) is 12.3 Å². The number of hydrogen-bond acceptors (Lipinski definition) is 3. The molecule has 19 heavy (non-hydrogen) atoms. The lowest BCUT2D eigenvalue weighted by Gasteiger charge is -2.10. The molecule has 0 amide bonds. The van der Waals surface area contributed by atoms with Gasteiger partial charge in [-0.15, -0.1) is 0 Å². The zero-order valence-electron chi connectivity index (χ0n) is 10.9. The van der Waals surface area contributed by atoms with Crippen molar-refractivity contribution in [2.45, 2.75) is 13.8 Å². The minimum absolute atomic E-state index is 0.571. The third-order valence-electron chi connectivity index (χ3n) is 3.07. The first kappa shape index (κ1) is 11.7. The average molecular weight is 250 g/mol. The fourth-order valence-electron chi connectivity index (χ4n) is 2.12. The Morgan fingerprint density at radius 1 is 0.895 bits per heavy atom.